The first-order chi connectivity index (χ1) is 5.38. The molecule has 12 heavy (non-hydrogen) atoms. The Hall–Kier alpha value is -0.713. The molecular formula is C9H9LiNO+. The largest absolute Gasteiger partial charge is 1.00 e. The van der Waals surface area contributed by atoms with Crippen LogP contribution >= 0.6 is 0 Å². The van der Waals surface area contributed by atoms with Crippen LogP contribution in [0.4, 0.5) is 0 Å². The van der Waals surface area contributed by atoms with Gasteiger partial charge >= 0.3 is 18.9 Å². The number of hydrogen-bond acceptors (Lipinski definition) is 1. The van der Waals surface area contributed by atoms with E-state index >= 15 is 0 Å². The summed E-state index contributed by atoms with van der Waals surface area (Å²) in [6.07, 6.45) is 11.2. The van der Waals surface area contributed by atoms with Crippen molar-refractivity contribution in [3.8, 4) is 0 Å². The van der Waals surface area contributed by atoms with Crippen LogP contribution in [0.5, 0.6) is 0 Å². The zero-order chi connectivity index (χ0) is 7.68. The number of hydrogen-bond donors (Lipinski definition) is 1. The molecule has 0 saturated heterocycles. The van der Waals surface area contributed by atoms with Crippen molar-refractivity contribution in [2.75, 3.05) is 0 Å². The third-order valence-corrected chi connectivity index (χ3v) is 1.99. The van der Waals surface area contributed by atoms with E-state index in [1.807, 2.05) is 30.5 Å². The van der Waals surface area contributed by atoms with Crippen molar-refractivity contribution < 1.29 is 29.0 Å². The minimum Gasteiger partial charge on any atom is -0.871 e. The van der Waals surface area contributed by atoms with Gasteiger partial charge in [-0.25, -0.2) is 4.99 Å². The van der Waals surface area contributed by atoms with Crippen LogP contribution in [-0.4, -0.2) is 12.3 Å². The molecule has 2 atom stereocenters. The fourth-order valence-corrected chi connectivity index (χ4v) is 1.39. The molecule has 2 unspecified atom stereocenters. The van der Waals surface area contributed by atoms with Crippen LogP contribution in [0.15, 0.2) is 36.1 Å². The van der Waals surface area contributed by atoms with Crippen molar-refractivity contribution in [1.29, 1.82) is 0 Å². The number of rotatable bonds is 0. The molecule has 0 aromatic heterocycles. The van der Waals surface area contributed by atoms with E-state index in [-0.39, 0.29) is 36.6 Å². The molecule has 3 heteroatoms. The third-order valence-electron chi connectivity index (χ3n) is 1.99. The van der Waals surface area contributed by atoms with Crippen LogP contribution in [0.25, 0.3) is 0 Å². The SMILES string of the molecule is [Li+].[O-]C1=CC=CC2C=CC=[NH+]C12. The Morgan fingerprint density at radius 2 is 2.00 bits per heavy atom. The van der Waals surface area contributed by atoms with E-state index in [9.17, 15) is 5.11 Å². The second-order valence-corrected chi connectivity index (χ2v) is 2.73. The number of allylic oxidation sites excluding steroid dienone is 3. The Morgan fingerprint density at radius 1 is 1.25 bits per heavy atom. The Kier molecular flexibility index (Phi) is 2.97. The topological polar surface area (TPSA) is 37.0 Å². The predicted octanol–water partition coefficient (Wildman–Crippen LogP) is -4.49. The summed E-state index contributed by atoms with van der Waals surface area (Å²) in [5, 5.41) is 11.2. The van der Waals surface area contributed by atoms with Crippen LogP contribution in [-0.2, 0) is 0 Å². The Labute approximate surface area is 83.6 Å². The summed E-state index contributed by atoms with van der Waals surface area (Å²) < 4.78 is 0. The number of fused-ring (bicyclic) bond motifs is 1. The van der Waals surface area contributed by atoms with Crippen LogP contribution in [0.1, 0.15) is 0 Å². The van der Waals surface area contributed by atoms with E-state index in [1.54, 1.807) is 6.08 Å². The van der Waals surface area contributed by atoms with Crippen molar-refractivity contribution in [2.45, 2.75) is 6.04 Å². The summed E-state index contributed by atoms with van der Waals surface area (Å²) in [6.45, 7) is 0. The van der Waals surface area contributed by atoms with Gasteiger partial charge in [0.25, 0.3) is 0 Å². The van der Waals surface area contributed by atoms with E-state index in [1.165, 1.54) is 0 Å². The van der Waals surface area contributed by atoms with Gasteiger partial charge in [0.2, 0.25) is 0 Å². The van der Waals surface area contributed by atoms with Gasteiger partial charge in [0.15, 0.2) is 12.3 Å². The maximum Gasteiger partial charge on any atom is 1.00 e. The second kappa shape index (κ2) is 3.80. The molecule has 0 radical (unpaired) electrons. The molecule has 1 aliphatic heterocycles. The van der Waals surface area contributed by atoms with Crippen molar-refractivity contribution >= 4 is 6.21 Å². The average molecular weight is 154 g/mol. The molecule has 0 amide bonds. The molecule has 2 rings (SSSR count). The van der Waals surface area contributed by atoms with E-state index in [0.29, 0.717) is 0 Å². The van der Waals surface area contributed by atoms with Crippen molar-refractivity contribution in [3.63, 3.8) is 0 Å². The fraction of sp³-hybridized carbons (Fsp3) is 0.222. The monoisotopic (exact) mass is 154 g/mol. The second-order valence-electron chi connectivity index (χ2n) is 2.73. The maximum atomic E-state index is 11.2. The van der Waals surface area contributed by atoms with Gasteiger partial charge in [-0.2, -0.15) is 0 Å². The zero-order valence-electron chi connectivity index (χ0n) is 7.03. The molecule has 0 spiro atoms. The molecule has 1 heterocycles. The van der Waals surface area contributed by atoms with Crippen molar-refractivity contribution in [3.05, 3.63) is 36.1 Å². The molecule has 0 aromatic carbocycles. The average Bonchev–Trinajstić information content (AvgIpc) is 2.06. The van der Waals surface area contributed by atoms with Gasteiger partial charge in [-0.15, -0.1) is 0 Å². The molecule has 0 aromatic rings. The van der Waals surface area contributed by atoms with Crippen LogP contribution in [0.2, 0.25) is 0 Å². The van der Waals surface area contributed by atoms with Gasteiger partial charge in [0.05, 0.1) is 5.92 Å². The van der Waals surface area contributed by atoms with E-state index in [4.69, 9.17) is 0 Å². The standard InChI is InChI=1S/C9H9NO.Li/c11-8-5-1-3-7-4-2-6-10-9(7)8;/h1-7,9,11H;/q;+1. The van der Waals surface area contributed by atoms with Crippen LogP contribution in [0.3, 0.4) is 0 Å². The third kappa shape index (κ3) is 1.55. The van der Waals surface area contributed by atoms with Crippen molar-refractivity contribution in [2.24, 2.45) is 5.92 Å². The summed E-state index contributed by atoms with van der Waals surface area (Å²) in [5.74, 6) is 0.413. The van der Waals surface area contributed by atoms with E-state index < -0.39 is 0 Å². The van der Waals surface area contributed by atoms with Gasteiger partial charge in [-0.05, 0) is 6.08 Å². The summed E-state index contributed by atoms with van der Waals surface area (Å²) in [7, 11) is 0. The van der Waals surface area contributed by atoms with Crippen LogP contribution < -0.4 is 29.0 Å². The van der Waals surface area contributed by atoms with Crippen LogP contribution in [0, 0.1) is 5.92 Å². The smallest absolute Gasteiger partial charge is 0.871 e. The zero-order valence-corrected chi connectivity index (χ0v) is 7.03. The molecular weight excluding hydrogens is 145 g/mol. The molecule has 1 aliphatic carbocycles. The minimum atomic E-state index is -0.0509. The van der Waals surface area contributed by atoms with E-state index in [0.717, 1.165) is 0 Å². The summed E-state index contributed by atoms with van der Waals surface area (Å²) in [5.41, 5.74) is 0. The first kappa shape index (κ1) is 9.38. The molecule has 2 nitrogen and oxygen atoms in total. The summed E-state index contributed by atoms with van der Waals surface area (Å²) in [4.78, 5) is 3.03. The normalized spacial score (nSPS) is 30.5. The Bertz CT molecular complexity index is 278. The maximum absolute atomic E-state index is 11.2. The molecule has 56 valence electrons. The van der Waals surface area contributed by atoms with Gasteiger partial charge in [-0.3, -0.25) is 0 Å². The fourth-order valence-electron chi connectivity index (χ4n) is 1.39. The molecule has 0 bridgehead atoms. The minimum absolute atomic E-state index is 0. The molecule has 0 fully saturated rings. The number of nitrogens with one attached hydrogen (secondary N) is 1. The molecule has 1 N–H and O–H groups in total. The van der Waals surface area contributed by atoms with Gasteiger partial charge in [0.1, 0.15) is 0 Å². The predicted molar refractivity (Wildman–Crippen MR) is 40.7 cm³/mol. The first-order valence-corrected chi connectivity index (χ1v) is 3.69. The molecule has 0 saturated carbocycles. The first-order valence-electron chi connectivity index (χ1n) is 3.69. The quantitative estimate of drug-likeness (QED) is 0.351. The summed E-state index contributed by atoms with van der Waals surface area (Å²) >= 11 is 0. The molecule has 2 aliphatic rings. The van der Waals surface area contributed by atoms with Crippen molar-refractivity contribution in [1.82, 2.24) is 0 Å². The Morgan fingerprint density at radius 3 is 2.75 bits per heavy atom. The van der Waals surface area contributed by atoms with Gasteiger partial charge in [-0.1, -0.05) is 30.1 Å². The van der Waals surface area contributed by atoms with E-state index in [2.05, 4.69) is 4.99 Å². The van der Waals surface area contributed by atoms with Gasteiger partial charge in [0, 0.05) is 0 Å². The Balaban J connectivity index is 0.000000720. The van der Waals surface area contributed by atoms with Gasteiger partial charge < -0.3 is 5.11 Å². The summed E-state index contributed by atoms with van der Waals surface area (Å²) in [6, 6.07) is -0.0509.